The van der Waals surface area contributed by atoms with Gasteiger partial charge in [0.25, 0.3) is 0 Å². The second kappa shape index (κ2) is 7.47. The summed E-state index contributed by atoms with van der Waals surface area (Å²) >= 11 is 6.27. The lowest BCUT2D eigenvalue weighted by molar-refractivity contribution is -0.0305. The minimum absolute atomic E-state index is 0.199. The molecule has 0 saturated carbocycles. The molecule has 0 aliphatic carbocycles. The molecule has 1 fully saturated rings. The lowest BCUT2D eigenvalue weighted by Gasteiger charge is -2.33. The maximum absolute atomic E-state index is 6.27. The molecule has 0 radical (unpaired) electrons. The van der Waals surface area contributed by atoms with Crippen molar-refractivity contribution in [2.75, 3.05) is 19.7 Å². The third kappa shape index (κ3) is 3.94. The van der Waals surface area contributed by atoms with Crippen molar-refractivity contribution in [1.29, 1.82) is 0 Å². The highest BCUT2D eigenvalue weighted by atomic mass is 35.5. The van der Waals surface area contributed by atoms with Crippen LogP contribution in [-0.4, -0.2) is 40.5 Å². The average Bonchev–Trinajstić information content (AvgIpc) is 2.90. The van der Waals surface area contributed by atoms with Crippen LogP contribution in [0.5, 0.6) is 0 Å². The molecule has 2 heterocycles. The van der Waals surface area contributed by atoms with Crippen LogP contribution < -0.4 is 0 Å². The summed E-state index contributed by atoms with van der Waals surface area (Å²) in [5, 5.41) is 5.27. The minimum Gasteiger partial charge on any atom is -0.375 e. The fourth-order valence-corrected chi connectivity index (χ4v) is 3.37. The van der Waals surface area contributed by atoms with Crippen LogP contribution in [0.1, 0.15) is 23.7 Å². The Bertz CT molecular complexity index is 655. The van der Waals surface area contributed by atoms with Crippen LogP contribution in [0.2, 0.25) is 5.02 Å². The van der Waals surface area contributed by atoms with Crippen LogP contribution in [0, 0.1) is 6.92 Å². The Balaban J connectivity index is 1.62. The van der Waals surface area contributed by atoms with Crippen molar-refractivity contribution < 1.29 is 4.74 Å². The lowest BCUT2D eigenvalue weighted by Crippen LogP contribution is -2.42. The molecular formula is C18H24ClN3O. The summed E-state index contributed by atoms with van der Waals surface area (Å²) in [6, 6.07) is 8.03. The predicted octanol–water partition coefficient (Wildman–Crippen LogP) is 3.31. The molecule has 3 rings (SSSR count). The van der Waals surface area contributed by atoms with Gasteiger partial charge in [0.05, 0.1) is 18.9 Å². The van der Waals surface area contributed by atoms with Crippen LogP contribution in [0.4, 0.5) is 0 Å². The molecule has 1 aromatic carbocycles. The summed E-state index contributed by atoms with van der Waals surface area (Å²) in [6.07, 6.45) is 3.06. The van der Waals surface area contributed by atoms with Gasteiger partial charge in [-0.1, -0.05) is 29.8 Å². The third-order valence-corrected chi connectivity index (χ3v) is 4.90. The van der Waals surface area contributed by atoms with E-state index in [1.54, 1.807) is 0 Å². The zero-order chi connectivity index (χ0) is 16.2. The first-order valence-electron chi connectivity index (χ1n) is 8.26. The maximum Gasteiger partial charge on any atom is 0.0743 e. The van der Waals surface area contributed by atoms with Gasteiger partial charge in [-0.05, 0) is 25.5 Å². The number of aromatic nitrogens is 2. The summed E-state index contributed by atoms with van der Waals surface area (Å²) in [5.74, 6) is 0. The maximum atomic E-state index is 6.27. The van der Waals surface area contributed by atoms with Gasteiger partial charge in [-0.15, -0.1) is 0 Å². The van der Waals surface area contributed by atoms with Crippen molar-refractivity contribution in [2.24, 2.45) is 0 Å². The highest BCUT2D eigenvalue weighted by Gasteiger charge is 2.22. The summed E-state index contributed by atoms with van der Waals surface area (Å²) in [4.78, 5) is 2.45. The van der Waals surface area contributed by atoms with Gasteiger partial charge in [0.2, 0.25) is 0 Å². The van der Waals surface area contributed by atoms with Gasteiger partial charge >= 0.3 is 0 Å². The van der Waals surface area contributed by atoms with Crippen molar-refractivity contribution >= 4 is 11.6 Å². The van der Waals surface area contributed by atoms with E-state index in [-0.39, 0.29) is 6.10 Å². The fourth-order valence-electron chi connectivity index (χ4n) is 3.16. The molecule has 1 aliphatic rings. The largest absolute Gasteiger partial charge is 0.375 e. The molecule has 1 aliphatic heterocycles. The van der Waals surface area contributed by atoms with Crippen LogP contribution in [-0.2, 0) is 24.2 Å². The van der Waals surface area contributed by atoms with E-state index >= 15 is 0 Å². The van der Waals surface area contributed by atoms with Crippen LogP contribution >= 0.6 is 11.6 Å². The first kappa shape index (κ1) is 16.5. The van der Waals surface area contributed by atoms with Crippen LogP contribution in [0.3, 0.4) is 0 Å². The molecule has 1 aromatic heterocycles. The number of morpholine rings is 1. The minimum atomic E-state index is 0.199. The zero-order valence-corrected chi connectivity index (χ0v) is 14.6. The van der Waals surface area contributed by atoms with Gasteiger partial charge < -0.3 is 4.74 Å². The van der Waals surface area contributed by atoms with E-state index in [0.717, 1.165) is 49.8 Å². The highest BCUT2D eigenvalue weighted by molar-refractivity contribution is 6.31. The van der Waals surface area contributed by atoms with Crippen molar-refractivity contribution in [1.82, 2.24) is 14.7 Å². The molecule has 0 amide bonds. The summed E-state index contributed by atoms with van der Waals surface area (Å²) in [5.41, 5.74) is 3.74. The van der Waals surface area contributed by atoms with E-state index in [1.807, 2.05) is 24.4 Å². The van der Waals surface area contributed by atoms with E-state index in [4.69, 9.17) is 16.3 Å². The molecule has 1 atom stereocenters. The van der Waals surface area contributed by atoms with E-state index in [0.29, 0.717) is 0 Å². The highest BCUT2D eigenvalue weighted by Crippen LogP contribution is 2.20. The number of hydrogen-bond donors (Lipinski definition) is 0. The first-order chi connectivity index (χ1) is 11.2. The fraction of sp³-hybridized carbons (Fsp3) is 0.500. The zero-order valence-electron chi connectivity index (χ0n) is 13.8. The normalized spacial score (nSPS) is 19.2. The molecule has 5 heteroatoms. The molecular weight excluding hydrogens is 310 g/mol. The molecule has 1 saturated heterocycles. The van der Waals surface area contributed by atoms with Gasteiger partial charge in [-0.3, -0.25) is 9.58 Å². The SMILES string of the molecule is CCn1ncc(CN2CCO[C@@H](Cc3ccccc3Cl)C2)c1C. The van der Waals surface area contributed by atoms with Gasteiger partial charge in [0, 0.05) is 48.9 Å². The monoisotopic (exact) mass is 333 g/mol. The van der Waals surface area contributed by atoms with Crippen molar-refractivity contribution in [2.45, 2.75) is 39.5 Å². The van der Waals surface area contributed by atoms with Crippen molar-refractivity contribution in [3.05, 3.63) is 52.3 Å². The number of rotatable bonds is 5. The number of hydrogen-bond acceptors (Lipinski definition) is 3. The van der Waals surface area contributed by atoms with Crippen molar-refractivity contribution in [3.8, 4) is 0 Å². The van der Waals surface area contributed by atoms with Crippen LogP contribution in [0.25, 0.3) is 0 Å². The molecule has 0 bridgehead atoms. The van der Waals surface area contributed by atoms with Gasteiger partial charge in [0.15, 0.2) is 0 Å². The first-order valence-corrected chi connectivity index (χ1v) is 8.63. The Morgan fingerprint density at radius 1 is 1.30 bits per heavy atom. The summed E-state index contributed by atoms with van der Waals surface area (Å²) in [7, 11) is 0. The second-order valence-corrected chi connectivity index (χ2v) is 6.50. The third-order valence-electron chi connectivity index (χ3n) is 4.53. The molecule has 23 heavy (non-hydrogen) atoms. The Kier molecular flexibility index (Phi) is 5.36. The quantitative estimate of drug-likeness (QED) is 0.841. The number of nitrogens with zero attached hydrogens (tertiary/aromatic N) is 3. The standard InChI is InChI=1S/C18H24ClN3O/c1-3-22-14(2)16(11-20-22)12-21-8-9-23-17(13-21)10-15-6-4-5-7-18(15)19/h4-7,11,17H,3,8-10,12-13H2,1-2H3/t17-/m0/s1. The average molecular weight is 334 g/mol. The molecule has 124 valence electrons. The van der Waals surface area contributed by atoms with Gasteiger partial charge in [-0.2, -0.15) is 5.10 Å². The van der Waals surface area contributed by atoms with Crippen LogP contribution in [0.15, 0.2) is 30.5 Å². The van der Waals surface area contributed by atoms with Crippen molar-refractivity contribution in [3.63, 3.8) is 0 Å². The number of aryl methyl sites for hydroxylation is 1. The second-order valence-electron chi connectivity index (χ2n) is 6.09. The Labute approximate surface area is 143 Å². The summed E-state index contributed by atoms with van der Waals surface area (Å²) in [6.45, 7) is 8.80. The summed E-state index contributed by atoms with van der Waals surface area (Å²) < 4.78 is 7.99. The van der Waals surface area contributed by atoms with Gasteiger partial charge in [0.1, 0.15) is 0 Å². The van der Waals surface area contributed by atoms with E-state index in [2.05, 4.69) is 34.6 Å². The Morgan fingerprint density at radius 3 is 2.87 bits per heavy atom. The molecule has 0 unspecified atom stereocenters. The molecule has 2 aromatic rings. The Morgan fingerprint density at radius 2 is 2.13 bits per heavy atom. The van der Waals surface area contributed by atoms with E-state index in [9.17, 15) is 0 Å². The smallest absolute Gasteiger partial charge is 0.0743 e. The number of benzene rings is 1. The van der Waals surface area contributed by atoms with E-state index < -0.39 is 0 Å². The molecule has 4 nitrogen and oxygen atoms in total. The molecule has 0 spiro atoms. The van der Waals surface area contributed by atoms with Gasteiger partial charge in [-0.25, -0.2) is 0 Å². The number of halogens is 1. The Hall–Kier alpha value is -1.36. The van der Waals surface area contributed by atoms with E-state index in [1.165, 1.54) is 11.3 Å². The number of ether oxygens (including phenoxy) is 1. The lowest BCUT2D eigenvalue weighted by atomic mass is 10.1. The molecule has 0 N–H and O–H groups in total. The predicted molar refractivity (Wildman–Crippen MR) is 92.8 cm³/mol. The topological polar surface area (TPSA) is 30.3 Å².